The van der Waals surface area contributed by atoms with E-state index in [0.717, 1.165) is 16.8 Å². The lowest BCUT2D eigenvalue weighted by Crippen LogP contribution is -2.13. The first-order valence-electron chi connectivity index (χ1n) is 10.9. The zero-order valence-electron chi connectivity index (χ0n) is 18.9. The van der Waals surface area contributed by atoms with Gasteiger partial charge in [-0.2, -0.15) is 5.10 Å². The third-order valence-electron chi connectivity index (χ3n) is 5.38. The van der Waals surface area contributed by atoms with Gasteiger partial charge >= 0.3 is 0 Å². The number of nitrogens with one attached hydrogen (secondary N) is 1. The minimum atomic E-state index is -2.88. The molecule has 0 aliphatic rings. The van der Waals surface area contributed by atoms with Crippen molar-refractivity contribution in [2.45, 2.75) is 6.43 Å². The molecule has 1 N–H and O–H groups in total. The second kappa shape index (κ2) is 9.82. The highest BCUT2D eigenvalue weighted by Crippen LogP contribution is 2.31. The summed E-state index contributed by atoms with van der Waals surface area (Å²) in [6.07, 6.45) is -1.75. The summed E-state index contributed by atoms with van der Waals surface area (Å²) >= 11 is 0. The molecule has 0 aliphatic heterocycles. The maximum absolute atomic E-state index is 13.8. The van der Waals surface area contributed by atoms with E-state index < -0.39 is 22.9 Å². The zero-order valence-corrected chi connectivity index (χ0v) is 18.9. The number of nitro groups is 1. The second-order valence-corrected chi connectivity index (χ2v) is 7.87. The van der Waals surface area contributed by atoms with Crippen LogP contribution in [0.1, 0.15) is 22.5 Å². The standard InChI is InChI=1S/C26H17F2N5O4/c27-24(28)23-14-22(16-7-3-1-4-8-16)31-25-21(15-29-32(23)25)26(34)30-17-11-18(33(35)36)13-20(12-17)37-19-9-5-2-6-10-19/h1-15,24H,(H,30,34). The molecule has 0 radical (unpaired) electrons. The topological polar surface area (TPSA) is 112 Å². The van der Waals surface area contributed by atoms with Gasteiger partial charge < -0.3 is 10.1 Å². The lowest BCUT2D eigenvalue weighted by atomic mass is 10.1. The Morgan fingerprint density at radius 2 is 1.68 bits per heavy atom. The Hall–Kier alpha value is -5.19. The Balaban J connectivity index is 1.52. The van der Waals surface area contributed by atoms with E-state index in [9.17, 15) is 23.7 Å². The third-order valence-corrected chi connectivity index (χ3v) is 5.38. The maximum Gasteiger partial charge on any atom is 0.280 e. The predicted molar refractivity (Wildman–Crippen MR) is 131 cm³/mol. The number of ether oxygens (including phenoxy) is 1. The molecule has 0 aliphatic carbocycles. The summed E-state index contributed by atoms with van der Waals surface area (Å²) in [5, 5.41) is 18.0. The lowest BCUT2D eigenvalue weighted by Gasteiger charge is -2.10. The van der Waals surface area contributed by atoms with Crippen molar-refractivity contribution in [3.05, 3.63) is 112 Å². The van der Waals surface area contributed by atoms with Crippen LogP contribution in [0.5, 0.6) is 11.5 Å². The molecule has 0 unspecified atom stereocenters. The molecule has 9 nitrogen and oxygen atoms in total. The highest BCUT2D eigenvalue weighted by atomic mass is 19.3. The third kappa shape index (κ3) is 4.96. The quantitative estimate of drug-likeness (QED) is 0.207. The molecule has 0 atom stereocenters. The van der Waals surface area contributed by atoms with E-state index >= 15 is 0 Å². The first-order valence-corrected chi connectivity index (χ1v) is 10.9. The molecule has 1 amide bonds. The van der Waals surface area contributed by atoms with Crippen molar-refractivity contribution in [1.29, 1.82) is 0 Å². The first kappa shape index (κ1) is 23.5. The van der Waals surface area contributed by atoms with Gasteiger partial charge in [0.1, 0.15) is 22.8 Å². The Bertz CT molecular complexity index is 1610. The summed E-state index contributed by atoms with van der Waals surface area (Å²) in [5.41, 5.74) is -0.0209. The summed E-state index contributed by atoms with van der Waals surface area (Å²) in [6.45, 7) is 0. The van der Waals surface area contributed by atoms with Crippen LogP contribution in [0.3, 0.4) is 0 Å². The molecule has 37 heavy (non-hydrogen) atoms. The van der Waals surface area contributed by atoms with E-state index in [4.69, 9.17) is 4.74 Å². The van der Waals surface area contributed by atoms with Gasteiger partial charge in [0.05, 0.1) is 28.6 Å². The van der Waals surface area contributed by atoms with Crippen LogP contribution in [0.15, 0.2) is 91.1 Å². The average Bonchev–Trinajstić information content (AvgIpc) is 3.33. The number of benzene rings is 3. The number of halogens is 2. The van der Waals surface area contributed by atoms with Crippen molar-refractivity contribution >= 4 is 22.9 Å². The molecule has 0 fully saturated rings. The van der Waals surface area contributed by atoms with Gasteiger partial charge in [-0.05, 0) is 18.2 Å². The molecular weight excluding hydrogens is 484 g/mol. The fourth-order valence-corrected chi connectivity index (χ4v) is 3.70. The Morgan fingerprint density at radius 3 is 2.35 bits per heavy atom. The first-order chi connectivity index (χ1) is 17.9. The van der Waals surface area contributed by atoms with Crippen LogP contribution >= 0.6 is 0 Å². The predicted octanol–water partition coefficient (Wildman–Crippen LogP) is 6.29. The van der Waals surface area contributed by atoms with Gasteiger partial charge in [0.2, 0.25) is 0 Å². The number of nitrogens with zero attached hydrogens (tertiary/aromatic N) is 4. The molecule has 2 heterocycles. The van der Waals surface area contributed by atoms with Gasteiger partial charge in [0, 0.05) is 17.7 Å². The van der Waals surface area contributed by atoms with E-state index in [0.29, 0.717) is 11.3 Å². The number of aromatic nitrogens is 3. The number of nitro benzene ring substituents is 1. The molecule has 0 saturated heterocycles. The number of fused-ring (bicyclic) bond motifs is 1. The number of carbonyl (C=O) groups is 1. The summed E-state index contributed by atoms with van der Waals surface area (Å²) in [6, 6.07) is 22.3. The highest BCUT2D eigenvalue weighted by Gasteiger charge is 2.22. The normalized spacial score (nSPS) is 11.0. The fourth-order valence-electron chi connectivity index (χ4n) is 3.70. The van der Waals surface area contributed by atoms with Crippen LogP contribution in [0.2, 0.25) is 0 Å². The number of hydrogen-bond donors (Lipinski definition) is 1. The summed E-state index contributed by atoms with van der Waals surface area (Å²) < 4.78 is 34.3. The number of alkyl halides is 2. The number of hydrogen-bond acceptors (Lipinski definition) is 6. The lowest BCUT2D eigenvalue weighted by molar-refractivity contribution is -0.384. The number of non-ortho nitro benzene ring substituents is 1. The van der Waals surface area contributed by atoms with Crippen molar-refractivity contribution in [2.24, 2.45) is 0 Å². The Labute approximate surface area is 208 Å². The van der Waals surface area contributed by atoms with Crippen molar-refractivity contribution in [1.82, 2.24) is 14.6 Å². The Kier molecular flexibility index (Phi) is 6.25. The molecule has 0 bridgehead atoms. The fraction of sp³-hybridized carbons (Fsp3) is 0.0385. The van der Waals surface area contributed by atoms with E-state index in [-0.39, 0.29) is 34.0 Å². The molecule has 0 spiro atoms. The van der Waals surface area contributed by atoms with Crippen molar-refractivity contribution < 1.29 is 23.2 Å². The number of para-hydroxylation sites is 1. The van der Waals surface area contributed by atoms with Gasteiger partial charge in [-0.1, -0.05) is 48.5 Å². The van der Waals surface area contributed by atoms with Gasteiger partial charge in [-0.25, -0.2) is 18.3 Å². The number of anilines is 1. The molecule has 3 aromatic carbocycles. The van der Waals surface area contributed by atoms with Gasteiger partial charge in [0.15, 0.2) is 5.65 Å². The average molecular weight is 501 g/mol. The zero-order chi connectivity index (χ0) is 25.9. The summed E-state index contributed by atoms with van der Waals surface area (Å²) in [4.78, 5) is 28.4. The van der Waals surface area contributed by atoms with Crippen LogP contribution in [0, 0.1) is 10.1 Å². The molecule has 5 aromatic rings. The van der Waals surface area contributed by atoms with Crippen LogP contribution in [0.4, 0.5) is 20.2 Å². The van der Waals surface area contributed by atoms with Crippen LogP contribution < -0.4 is 10.1 Å². The molecule has 2 aromatic heterocycles. The molecule has 0 saturated carbocycles. The monoisotopic (exact) mass is 501 g/mol. The van der Waals surface area contributed by atoms with Crippen LogP contribution in [-0.2, 0) is 0 Å². The number of amides is 1. The summed E-state index contributed by atoms with van der Waals surface area (Å²) in [5.74, 6) is -0.167. The summed E-state index contributed by atoms with van der Waals surface area (Å²) in [7, 11) is 0. The molecular formula is C26H17F2N5O4. The molecule has 5 rings (SSSR count). The van der Waals surface area contributed by atoms with Crippen LogP contribution in [-0.4, -0.2) is 25.4 Å². The van der Waals surface area contributed by atoms with Gasteiger partial charge in [0.25, 0.3) is 18.0 Å². The second-order valence-electron chi connectivity index (χ2n) is 7.87. The number of rotatable bonds is 7. The van der Waals surface area contributed by atoms with Gasteiger partial charge in [-0.15, -0.1) is 0 Å². The Morgan fingerprint density at radius 1 is 0.973 bits per heavy atom. The molecule has 11 heteroatoms. The van der Waals surface area contributed by atoms with Crippen LogP contribution in [0.25, 0.3) is 16.9 Å². The maximum atomic E-state index is 13.8. The minimum Gasteiger partial charge on any atom is -0.457 e. The largest absolute Gasteiger partial charge is 0.457 e. The number of carbonyl (C=O) groups excluding carboxylic acids is 1. The van der Waals surface area contributed by atoms with E-state index in [1.54, 1.807) is 60.7 Å². The van der Waals surface area contributed by atoms with Gasteiger partial charge in [-0.3, -0.25) is 14.9 Å². The van der Waals surface area contributed by atoms with E-state index in [1.165, 1.54) is 18.2 Å². The van der Waals surface area contributed by atoms with Crippen molar-refractivity contribution in [3.8, 4) is 22.8 Å². The van der Waals surface area contributed by atoms with Crippen molar-refractivity contribution in [3.63, 3.8) is 0 Å². The minimum absolute atomic E-state index is 0.0674. The van der Waals surface area contributed by atoms with E-state index in [2.05, 4.69) is 15.4 Å². The smallest absolute Gasteiger partial charge is 0.280 e. The highest BCUT2D eigenvalue weighted by molar-refractivity contribution is 6.08. The van der Waals surface area contributed by atoms with Crippen molar-refractivity contribution in [2.75, 3.05) is 5.32 Å². The SMILES string of the molecule is O=C(Nc1cc(Oc2ccccc2)cc([N+](=O)[O-])c1)c1cnn2c(C(F)F)cc(-c3ccccc3)nc12. The molecule has 184 valence electrons. The van der Waals surface area contributed by atoms with E-state index in [1.807, 2.05) is 0 Å².